The number of aromatic nitrogens is 5. The fourth-order valence-electron chi connectivity index (χ4n) is 2.52. The van der Waals surface area contributed by atoms with Gasteiger partial charge in [0.25, 0.3) is 0 Å². The normalized spacial score (nSPS) is 12.7. The Morgan fingerprint density at radius 1 is 1.13 bits per heavy atom. The van der Waals surface area contributed by atoms with E-state index in [-0.39, 0.29) is 6.04 Å². The molecule has 3 rings (SSSR count). The molecule has 7 heteroatoms. The summed E-state index contributed by atoms with van der Waals surface area (Å²) in [7, 11) is 4.16. The highest BCUT2D eigenvalue weighted by atomic mass is 15.6. The first kappa shape index (κ1) is 15.4. The molecule has 1 aromatic carbocycles. The van der Waals surface area contributed by atoms with Gasteiger partial charge < -0.3 is 10.2 Å². The fraction of sp³-hybridized carbons (Fsp3) is 0.375. The lowest BCUT2D eigenvalue weighted by Crippen LogP contribution is -2.27. The van der Waals surface area contributed by atoms with E-state index < -0.39 is 0 Å². The van der Waals surface area contributed by atoms with Gasteiger partial charge in [0, 0.05) is 6.54 Å². The number of nitrogens with zero attached hydrogens (tertiary/aromatic N) is 6. The average Bonchev–Trinajstić information content (AvgIpc) is 3.03. The number of tetrazole rings is 1. The molecule has 0 aliphatic rings. The molecule has 0 spiro atoms. The van der Waals surface area contributed by atoms with Crippen LogP contribution in [-0.2, 0) is 6.42 Å². The van der Waals surface area contributed by atoms with E-state index in [4.69, 9.17) is 0 Å². The molecule has 7 nitrogen and oxygen atoms in total. The van der Waals surface area contributed by atoms with E-state index in [1.165, 1.54) is 15.8 Å². The Bertz CT molecular complexity index is 763. The molecule has 0 fully saturated rings. The van der Waals surface area contributed by atoms with Gasteiger partial charge in [0.15, 0.2) is 5.65 Å². The Labute approximate surface area is 135 Å². The van der Waals surface area contributed by atoms with Crippen molar-refractivity contribution in [2.45, 2.75) is 19.4 Å². The molecule has 1 N–H and O–H groups in total. The molecule has 2 heterocycles. The minimum absolute atomic E-state index is 0.257. The molecule has 0 saturated heterocycles. The van der Waals surface area contributed by atoms with Crippen molar-refractivity contribution in [1.82, 2.24) is 30.2 Å². The maximum atomic E-state index is 4.34. The monoisotopic (exact) mass is 311 g/mol. The maximum absolute atomic E-state index is 4.34. The van der Waals surface area contributed by atoms with Crippen LogP contribution in [0.1, 0.15) is 24.1 Å². The molecule has 120 valence electrons. The van der Waals surface area contributed by atoms with Crippen LogP contribution in [0.15, 0.2) is 36.4 Å². The van der Waals surface area contributed by atoms with Gasteiger partial charge in [-0.05, 0) is 54.2 Å². The summed E-state index contributed by atoms with van der Waals surface area (Å²) in [6.45, 7) is 2.92. The molecule has 3 aromatic rings. The van der Waals surface area contributed by atoms with Crippen molar-refractivity contribution in [3.05, 3.63) is 47.5 Å². The van der Waals surface area contributed by atoms with Crippen molar-refractivity contribution >= 4 is 11.5 Å². The van der Waals surface area contributed by atoms with Gasteiger partial charge in [-0.1, -0.05) is 31.2 Å². The third-order valence-corrected chi connectivity index (χ3v) is 3.94. The first-order valence-electron chi connectivity index (χ1n) is 7.72. The first-order valence-corrected chi connectivity index (χ1v) is 7.72. The van der Waals surface area contributed by atoms with E-state index in [9.17, 15) is 0 Å². The molecule has 0 saturated carbocycles. The van der Waals surface area contributed by atoms with E-state index in [2.05, 4.69) is 76.1 Å². The molecule has 23 heavy (non-hydrogen) atoms. The number of hydrogen-bond acceptors (Lipinski definition) is 6. The second-order valence-electron chi connectivity index (χ2n) is 5.70. The van der Waals surface area contributed by atoms with Gasteiger partial charge in [-0.3, -0.25) is 0 Å². The molecular weight excluding hydrogens is 290 g/mol. The average molecular weight is 311 g/mol. The van der Waals surface area contributed by atoms with Crippen LogP contribution in [0.5, 0.6) is 0 Å². The van der Waals surface area contributed by atoms with E-state index in [0.717, 1.165) is 18.8 Å². The van der Waals surface area contributed by atoms with Crippen LogP contribution in [0.2, 0.25) is 0 Å². The van der Waals surface area contributed by atoms with Crippen LogP contribution < -0.4 is 5.32 Å². The summed E-state index contributed by atoms with van der Waals surface area (Å²) < 4.78 is 1.42. The summed E-state index contributed by atoms with van der Waals surface area (Å²) >= 11 is 0. The molecule has 1 unspecified atom stereocenters. The van der Waals surface area contributed by atoms with E-state index in [0.29, 0.717) is 5.65 Å². The quantitative estimate of drug-likeness (QED) is 0.748. The Balaban J connectivity index is 1.73. The van der Waals surface area contributed by atoms with Crippen molar-refractivity contribution in [2.24, 2.45) is 0 Å². The second kappa shape index (κ2) is 6.70. The van der Waals surface area contributed by atoms with Gasteiger partial charge in [0.2, 0.25) is 0 Å². The van der Waals surface area contributed by atoms with Gasteiger partial charge in [0.1, 0.15) is 5.82 Å². The zero-order valence-corrected chi connectivity index (χ0v) is 13.6. The number of rotatable bonds is 6. The molecule has 0 radical (unpaired) electrons. The Morgan fingerprint density at radius 3 is 2.61 bits per heavy atom. The molecule has 0 bridgehead atoms. The van der Waals surface area contributed by atoms with Gasteiger partial charge >= 0.3 is 0 Å². The van der Waals surface area contributed by atoms with E-state index in [1.807, 2.05) is 12.1 Å². The van der Waals surface area contributed by atoms with Crippen LogP contribution in [0.4, 0.5) is 5.82 Å². The highest BCUT2D eigenvalue weighted by molar-refractivity contribution is 5.42. The largest absolute Gasteiger partial charge is 0.367 e. The molecular formula is C16H21N7. The molecule has 0 aliphatic carbocycles. The van der Waals surface area contributed by atoms with E-state index >= 15 is 0 Å². The van der Waals surface area contributed by atoms with Crippen molar-refractivity contribution in [2.75, 3.05) is 26.0 Å². The molecule has 2 aromatic heterocycles. The number of nitrogens with one attached hydrogen (secondary N) is 1. The van der Waals surface area contributed by atoms with Crippen molar-refractivity contribution in [3.8, 4) is 0 Å². The summed E-state index contributed by atoms with van der Waals surface area (Å²) in [5.74, 6) is 0.752. The minimum atomic E-state index is 0.257. The van der Waals surface area contributed by atoms with Crippen LogP contribution in [0, 0.1) is 0 Å². The minimum Gasteiger partial charge on any atom is -0.367 e. The zero-order chi connectivity index (χ0) is 16.2. The number of anilines is 1. The Hall–Kier alpha value is -2.54. The van der Waals surface area contributed by atoms with Crippen LogP contribution in [0.25, 0.3) is 5.65 Å². The zero-order valence-electron chi connectivity index (χ0n) is 13.6. The molecule has 0 amide bonds. The summed E-state index contributed by atoms with van der Waals surface area (Å²) in [4.78, 5) is 2.20. The number of hydrogen-bond donors (Lipinski definition) is 1. The maximum Gasteiger partial charge on any atom is 0.200 e. The van der Waals surface area contributed by atoms with Gasteiger partial charge in [0.05, 0.1) is 6.04 Å². The van der Waals surface area contributed by atoms with Crippen molar-refractivity contribution in [1.29, 1.82) is 0 Å². The summed E-state index contributed by atoms with van der Waals surface area (Å²) in [6, 6.07) is 12.8. The summed E-state index contributed by atoms with van der Waals surface area (Å²) in [5, 5.41) is 19.0. The lowest BCUT2D eigenvalue weighted by Gasteiger charge is -2.25. The Morgan fingerprint density at radius 2 is 1.91 bits per heavy atom. The van der Waals surface area contributed by atoms with Gasteiger partial charge in [-0.25, -0.2) is 0 Å². The van der Waals surface area contributed by atoms with Gasteiger partial charge in [-0.2, -0.15) is 0 Å². The lowest BCUT2D eigenvalue weighted by atomic mass is 10.0. The fourth-order valence-corrected chi connectivity index (χ4v) is 2.52. The van der Waals surface area contributed by atoms with Crippen molar-refractivity contribution in [3.63, 3.8) is 0 Å². The first-order chi connectivity index (χ1) is 11.2. The summed E-state index contributed by atoms with van der Waals surface area (Å²) in [6.07, 6.45) is 1.06. The Kier molecular flexibility index (Phi) is 4.47. The number of likely N-dealkylation sites (N-methyl/N-ethyl adjacent to an activating group) is 1. The smallest absolute Gasteiger partial charge is 0.200 e. The predicted molar refractivity (Wildman–Crippen MR) is 89.3 cm³/mol. The lowest BCUT2D eigenvalue weighted by molar-refractivity contribution is 0.311. The molecule has 0 aliphatic heterocycles. The third kappa shape index (κ3) is 3.45. The SMILES string of the molecule is CCc1ccc(C(CNc2ccc3nnnn3n2)N(C)C)cc1. The third-order valence-electron chi connectivity index (χ3n) is 3.94. The number of fused-ring (bicyclic) bond motifs is 1. The van der Waals surface area contributed by atoms with Gasteiger partial charge in [-0.15, -0.1) is 14.8 Å². The predicted octanol–water partition coefficient (Wildman–Crippen LogP) is 1.80. The van der Waals surface area contributed by atoms with Crippen LogP contribution >= 0.6 is 0 Å². The number of aryl methyl sites for hydroxylation is 1. The topological polar surface area (TPSA) is 71.2 Å². The number of benzene rings is 1. The highest BCUT2D eigenvalue weighted by Gasteiger charge is 2.14. The molecule has 1 atom stereocenters. The van der Waals surface area contributed by atoms with Crippen molar-refractivity contribution < 1.29 is 0 Å². The second-order valence-corrected chi connectivity index (χ2v) is 5.70. The highest BCUT2D eigenvalue weighted by Crippen LogP contribution is 2.19. The summed E-state index contributed by atoms with van der Waals surface area (Å²) in [5.41, 5.74) is 3.27. The van der Waals surface area contributed by atoms with Crippen LogP contribution in [0.3, 0.4) is 0 Å². The van der Waals surface area contributed by atoms with Crippen LogP contribution in [-0.4, -0.2) is 50.8 Å². The van der Waals surface area contributed by atoms with E-state index in [1.54, 1.807) is 0 Å². The standard InChI is InChI=1S/C16H21N7/c1-4-12-5-7-13(8-6-12)14(22(2)3)11-17-15-9-10-16-18-20-21-23(16)19-15/h5-10,14H,4,11H2,1-3H3,(H,17,19).